The molecule has 0 saturated heterocycles. The van der Waals surface area contributed by atoms with Crippen molar-refractivity contribution >= 4 is 17.8 Å². The number of amides is 1. The van der Waals surface area contributed by atoms with Crippen LogP contribution in [0.5, 0.6) is 0 Å². The molecule has 12 heteroatoms. The van der Waals surface area contributed by atoms with Gasteiger partial charge < -0.3 is 14.8 Å². The predicted octanol–water partition coefficient (Wildman–Crippen LogP) is 1.87. The maximum absolute atomic E-state index is 12.2. The number of hydrogen-bond donors (Lipinski definition) is 1. The monoisotopic (exact) mass is 367 g/mol. The Kier molecular flexibility index (Phi) is 8.00. The SMILES string of the molecule is CCCCOC(=O)C(NC(=O)C(F)(F)F)C(C)OC(=O)C(F)(F)F. The standard InChI is InChI=1S/C12H15F6NO5/c1-3-4-5-23-8(20)7(19-9(21)11(13,14)15)6(2)24-10(22)12(16,17)18/h6-7H,3-5H2,1-2H3,(H,19,21). The highest BCUT2D eigenvalue weighted by Crippen LogP contribution is 2.20. The summed E-state index contributed by atoms with van der Waals surface area (Å²) >= 11 is 0. The fraction of sp³-hybridized carbons (Fsp3) is 0.750. The van der Waals surface area contributed by atoms with Crippen LogP contribution in [0, 0.1) is 0 Å². The van der Waals surface area contributed by atoms with E-state index in [4.69, 9.17) is 0 Å². The first kappa shape index (κ1) is 22.0. The molecule has 6 nitrogen and oxygen atoms in total. The summed E-state index contributed by atoms with van der Waals surface area (Å²) in [4.78, 5) is 33.3. The van der Waals surface area contributed by atoms with E-state index in [-0.39, 0.29) is 6.61 Å². The fourth-order valence-electron chi connectivity index (χ4n) is 1.30. The topological polar surface area (TPSA) is 81.7 Å². The van der Waals surface area contributed by atoms with Crippen molar-refractivity contribution in [3.05, 3.63) is 0 Å². The van der Waals surface area contributed by atoms with E-state index in [0.717, 1.165) is 5.32 Å². The molecule has 0 aliphatic carbocycles. The zero-order chi connectivity index (χ0) is 19.1. The highest BCUT2D eigenvalue weighted by molar-refractivity contribution is 5.88. The molecule has 1 N–H and O–H groups in total. The third-order valence-corrected chi connectivity index (χ3v) is 2.53. The van der Waals surface area contributed by atoms with Crippen LogP contribution in [-0.2, 0) is 23.9 Å². The van der Waals surface area contributed by atoms with Crippen molar-refractivity contribution in [2.45, 2.75) is 51.2 Å². The maximum atomic E-state index is 12.2. The van der Waals surface area contributed by atoms with Crippen molar-refractivity contribution < 1.29 is 50.2 Å². The van der Waals surface area contributed by atoms with Crippen LogP contribution in [0.1, 0.15) is 26.7 Å². The lowest BCUT2D eigenvalue weighted by Crippen LogP contribution is -2.54. The average molecular weight is 367 g/mol. The lowest BCUT2D eigenvalue weighted by molar-refractivity contribution is -0.206. The summed E-state index contributed by atoms with van der Waals surface area (Å²) in [6, 6.07) is -2.25. The summed E-state index contributed by atoms with van der Waals surface area (Å²) in [6.45, 7) is 2.20. The van der Waals surface area contributed by atoms with Gasteiger partial charge in [0.25, 0.3) is 0 Å². The molecular formula is C12H15F6NO5. The zero-order valence-electron chi connectivity index (χ0n) is 12.6. The van der Waals surface area contributed by atoms with E-state index < -0.39 is 42.3 Å². The van der Waals surface area contributed by atoms with E-state index in [2.05, 4.69) is 9.47 Å². The van der Waals surface area contributed by atoms with E-state index >= 15 is 0 Å². The van der Waals surface area contributed by atoms with E-state index in [1.54, 1.807) is 6.92 Å². The number of esters is 2. The van der Waals surface area contributed by atoms with E-state index in [1.807, 2.05) is 0 Å². The number of halogens is 6. The maximum Gasteiger partial charge on any atom is 0.490 e. The van der Waals surface area contributed by atoms with Crippen LogP contribution >= 0.6 is 0 Å². The van der Waals surface area contributed by atoms with Crippen molar-refractivity contribution in [2.24, 2.45) is 0 Å². The minimum Gasteiger partial charge on any atom is -0.464 e. The Morgan fingerprint density at radius 2 is 1.58 bits per heavy atom. The zero-order valence-corrected chi connectivity index (χ0v) is 12.6. The first-order valence-electron chi connectivity index (χ1n) is 6.62. The summed E-state index contributed by atoms with van der Waals surface area (Å²) in [5, 5.41) is 1.16. The van der Waals surface area contributed by atoms with E-state index in [1.165, 1.54) is 0 Å². The minimum atomic E-state index is -5.42. The fourth-order valence-corrected chi connectivity index (χ4v) is 1.30. The Labute approximate surface area is 132 Å². The number of alkyl halides is 6. The molecule has 0 spiro atoms. The summed E-state index contributed by atoms with van der Waals surface area (Å²) in [5.41, 5.74) is 0. The van der Waals surface area contributed by atoms with Gasteiger partial charge in [0.15, 0.2) is 6.04 Å². The van der Waals surface area contributed by atoms with E-state index in [9.17, 15) is 40.7 Å². The van der Waals surface area contributed by atoms with Crippen LogP contribution in [0.4, 0.5) is 26.3 Å². The molecule has 0 aliphatic rings. The molecule has 0 aromatic rings. The Morgan fingerprint density at radius 3 is 2.00 bits per heavy atom. The molecule has 0 saturated carbocycles. The average Bonchev–Trinajstić information content (AvgIpc) is 2.42. The Morgan fingerprint density at radius 1 is 1.04 bits per heavy atom. The van der Waals surface area contributed by atoms with Crippen molar-refractivity contribution in [2.75, 3.05) is 6.61 Å². The van der Waals surface area contributed by atoms with Crippen LogP contribution in [0.3, 0.4) is 0 Å². The molecule has 140 valence electrons. The normalized spacial score (nSPS) is 14.5. The van der Waals surface area contributed by atoms with Gasteiger partial charge in [-0.2, -0.15) is 26.3 Å². The largest absolute Gasteiger partial charge is 0.490 e. The molecule has 0 aromatic heterocycles. The molecular weight excluding hydrogens is 352 g/mol. The van der Waals surface area contributed by atoms with Gasteiger partial charge in [-0.15, -0.1) is 0 Å². The molecule has 0 bridgehead atoms. The van der Waals surface area contributed by atoms with Gasteiger partial charge in [0.05, 0.1) is 6.61 Å². The van der Waals surface area contributed by atoms with Crippen LogP contribution in [-0.4, -0.2) is 49.0 Å². The Hall–Kier alpha value is -2.01. The van der Waals surface area contributed by atoms with Gasteiger partial charge in [-0.3, -0.25) is 4.79 Å². The van der Waals surface area contributed by atoms with Crippen LogP contribution < -0.4 is 5.32 Å². The number of rotatable bonds is 7. The van der Waals surface area contributed by atoms with Gasteiger partial charge in [-0.05, 0) is 13.3 Å². The number of nitrogens with one attached hydrogen (secondary N) is 1. The lowest BCUT2D eigenvalue weighted by atomic mass is 10.1. The first-order chi connectivity index (χ1) is 10.8. The highest BCUT2D eigenvalue weighted by Gasteiger charge is 2.46. The van der Waals surface area contributed by atoms with Crippen molar-refractivity contribution in [3.63, 3.8) is 0 Å². The smallest absolute Gasteiger partial charge is 0.464 e. The molecule has 24 heavy (non-hydrogen) atoms. The molecule has 0 rings (SSSR count). The Bertz CT molecular complexity index is 462. The molecule has 0 aromatic carbocycles. The first-order valence-corrected chi connectivity index (χ1v) is 6.62. The second kappa shape index (κ2) is 8.73. The molecule has 0 heterocycles. The van der Waals surface area contributed by atoms with Crippen LogP contribution in [0.2, 0.25) is 0 Å². The van der Waals surface area contributed by atoms with Crippen LogP contribution in [0.25, 0.3) is 0 Å². The van der Waals surface area contributed by atoms with Gasteiger partial charge >= 0.3 is 30.2 Å². The summed E-state index contributed by atoms with van der Waals surface area (Å²) in [5.74, 6) is -6.76. The van der Waals surface area contributed by atoms with Gasteiger partial charge in [0, 0.05) is 0 Å². The number of ether oxygens (including phenoxy) is 2. The summed E-state index contributed by atoms with van der Waals surface area (Å²) in [7, 11) is 0. The van der Waals surface area contributed by atoms with Gasteiger partial charge in [0.2, 0.25) is 0 Å². The van der Waals surface area contributed by atoms with Gasteiger partial charge in [-0.25, -0.2) is 9.59 Å². The summed E-state index contributed by atoms with van der Waals surface area (Å²) < 4.78 is 81.5. The third kappa shape index (κ3) is 7.51. The molecule has 2 atom stereocenters. The third-order valence-electron chi connectivity index (χ3n) is 2.53. The van der Waals surface area contributed by atoms with Crippen LogP contribution in [0.15, 0.2) is 0 Å². The second-order valence-corrected chi connectivity index (χ2v) is 4.58. The summed E-state index contributed by atoms with van der Waals surface area (Å²) in [6.07, 6.45) is -12.0. The molecule has 0 fully saturated rings. The quantitative estimate of drug-likeness (QED) is 0.422. The number of hydrogen-bond acceptors (Lipinski definition) is 5. The highest BCUT2D eigenvalue weighted by atomic mass is 19.4. The second-order valence-electron chi connectivity index (χ2n) is 4.58. The van der Waals surface area contributed by atoms with Gasteiger partial charge in [0.1, 0.15) is 6.10 Å². The molecule has 0 aliphatic heterocycles. The molecule has 0 radical (unpaired) electrons. The molecule has 2 unspecified atom stereocenters. The molecule has 1 amide bonds. The lowest BCUT2D eigenvalue weighted by Gasteiger charge is -2.24. The number of carbonyl (C=O) groups excluding carboxylic acids is 3. The minimum absolute atomic E-state index is 0.229. The Balaban J connectivity index is 5.12. The van der Waals surface area contributed by atoms with Crippen molar-refractivity contribution in [1.29, 1.82) is 0 Å². The predicted molar refractivity (Wildman–Crippen MR) is 65.5 cm³/mol. The van der Waals surface area contributed by atoms with E-state index in [0.29, 0.717) is 19.8 Å². The van der Waals surface area contributed by atoms with Gasteiger partial charge in [-0.1, -0.05) is 13.3 Å². The van der Waals surface area contributed by atoms with Crippen molar-refractivity contribution in [3.8, 4) is 0 Å². The number of unbranched alkanes of at least 4 members (excludes halogenated alkanes) is 1. The van der Waals surface area contributed by atoms with Crippen molar-refractivity contribution in [1.82, 2.24) is 5.32 Å². The number of carbonyl (C=O) groups is 3.